The lowest BCUT2D eigenvalue weighted by atomic mass is 10.2. The van der Waals surface area contributed by atoms with Crippen LogP contribution in [0.1, 0.15) is 18.1 Å². The molecule has 0 unspecified atom stereocenters. The number of rotatable bonds is 5. The van der Waals surface area contributed by atoms with E-state index in [1.165, 1.54) is 12.1 Å². The molecule has 0 aliphatic heterocycles. The Morgan fingerprint density at radius 3 is 2.71 bits per heavy atom. The van der Waals surface area contributed by atoms with Crippen molar-refractivity contribution in [1.82, 2.24) is 10.3 Å². The van der Waals surface area contributed by atoms with Gasteiger partial charge in [0.05, 0.1) is 5.56 Å². The zero-order valence-corrected chi connectivity index (χ0v) is 11.4. The van der Waals surface area contributed by atoms with E-state index in [2.05, 4.69) is 10.3 Å². The summed E-state index contributed by atoms with van der Waals surface area (Å²) in [6.07, 6.45) is -2.82. The van der Waals surface area contributed by atoms with Gasteiger partial charge in [0.2, 0.25) is 5.88 Å². The molecule has 0 spiro atoms. The second-order valence-electron chi connectivity index (χ2n) is 4.41. The Bertz CT molecular complexity index is 599. The van der Waals surface area contributed by atoms with Crippen molar-refractivity contribution in [3.8, 4) is 11.6 Å². The van der Waals surface area contributed by atoms with E-state index in [0.29, 0.717) is 6.54 Å². The predicted octanol–water partition coefficient (Wildman–Crippen LogP) is 4.00. The molecule has 0 radical (unpaired) electrons. The van der Waals surface area contributed by atoms with E-state index in [0.717, 1.165) is 24.2 Å². The second-order valence-corrected chi connectivity index (χ2v) is 4.41. The molecule has 0 bridgehead atoms. The summed E-state index contributed by atoms with van der Waals surface area (Å²) in [5.74, 6) is 0.377. The fourth-order valence-electron chi connectivity index (χ4n) is 1.74. The Kier molecular flexibility index (Phi) is 4.80. The molecule has 0 aliphatic carbocycles. The second kappa shape index (κ2) is 6.58. The molecular weight excluding hydrogens is 281 g/mol. The number of pyridine rings is 1. The molecule has 0 amide bonds. The molecule has 0 fully saturated rings. The largest absolute Gasteiger partial charge is 0.439 e. The lowest BCUT2D eigenvalue weighted by molar-refractivity contribution is -0.137. The minimum atomic E-state index is -4.39. The van der Waals surface area contributed by atoms with Crippen molar-refractivity contribution in [2.75, 3.05) is 6.54 Å². The van der Waals surface area contributed by atoms with Crippen LogP contribution in [-0.2, 0) is 12.7 Å². The predicted molar refractivity (Wildman–Crippen MR) is 73.1 cm³/mol. The van der Waals surface area contributed by atoms with E-state index in [9.17, 15) is 13.2 Å². The van der Waals surface area contributed by atoms with Gasteiger partial charge in [-0.05, 0) is 36.4 Å². The van der Waals surface area contributed by atoms with E-state index in [1.807, 2.05) is 13.0 Å². The molecule has 0 atom stereocenters. The zero-order valence-electron chi connectivity index (χ0n) is 11.4. The molecule has 0 saturated heterocycles. The van der Waals surface area contributed by atoms with Gasteiger partial charge in [0.1, 0.15) is 5.75 Å². The van der Waals surface area contributed by atoms with Crippen molar-refractivity contribution >= 4 is 0 Å². The van der Waals surface area contributed by atoms with Crippen molar-refractivity contribution in [2.24, 2.45) is 0 Å². The van der Waals surface area contributed by atoms with Gasteiger partial charge < -0.3 is 10.1 Å². The van der Waals surface area contributed by atoms with Gasteiger partial charge in [-0.2, -0.15) is 13.2 Å². The van der Waals surface area contributed by atoms with Gasteiger partial charge in [-0.1, -0.05) is 13.0 Å². The molecule has 1 aromatic heterocycles. The molecule has 2 rings (SSSR count). The van der Waals surface area contributed by atoms with Gasteiger partial charge in [-0.3, -0.25) is 0 Å². The Hall–Kier alpha value is -2.08. The van der Waals surface area contributed by atoms with Crippen LogP contribution >= 0.6 is 0 Å². The molecule has 1 N–H and O–H groups in total. The number of nitrogens with one attached hydrogen (secondary N) is 1. The standard InChI is InChI=1S/C15H15F3N2O/c1-2-19-10-11-6-7-20-14(8-11)21-13-5-3-4-12(9-13)15(16,17)18/h3-9,19H,2,10H2,1H3. The Balaban J connectivity index is 2.14. The molecule has 1 heterocycles. The summed E-state index contributed by atoms with van der Waals surface area (Å²) in [7, 11) is 0. The summed E-state index contributed by atoms with van der Waals surface area (Å²) in [5, 5.41) is 3.15. The molecule has 3 nitrogen and oxygen atoms in total. The highest BCUT2D eigenvalue weighted by Gasteiger charge is 2.30. The first-order valence-corrected chi connectivity index (χ1v) is 6.50. The van der Waals surface area contributed by atoms with Crippen LogP contribution in [0.5, 0.6) is 11.6 Å². The average molecular weight is 296 g/mol. The molecule has 0 aliphatic rings. The SMILES string of the molecule is CCNCc1ccnc(Oc2cccc(C(F)(F)F)c2)c1. The van der Waals surface area contributed by atoms with E-state index < -0.39 is 11.7 Å². The van der Waals surface area contributed by atoms with Crippen molar-refractivity contribution in [1.29, 1.82) is 0 Å². The number of hydrogen-bond acceptors (Lipinski definition) is 3. The maximum Gasteiger partial charge on any atom is 0.416 e. The van der Waals surface area contributed by atoms with Gasteiger partial charge in [0.15, 0.2) is 0 Å². The minimum absolute atomic E-state index is 0.109. The van der Waals surface area contributed by atoms with Crippen LogP contribution in [0.2, 0.25) is 0 Å². The summed E-state index contributed by atoms with van der Waals surface area (Å²) < 4.78 is 43.3. The molecule has 0 saturated carbocycles. The summed E-state index contributed by atoms with van der Waals surface area (Å²) in [4.78, 5) is 4.00. The number of ether oxygens (including phenoxy) is 1. The number of alkyl halides is 3. The van der Waals surface area contributed by atoms with Crippen LogP contribution in [0.3, 0.4) is 0 Å². The van der Waals surface area contributed by atoms with E-state index in [-0.39, 0.29) is 11.6 Å². The molecule has 6 heteroatoms. The highest BCUT2D eigenvalue weighted by molar-refractivity contribution is 5.33. The van der Waals surface area contributed by atoms with Crippen LogP contribution < -0.4 is 10.1 Å². The first kappa shape index (κ1) is 15.3. The van der Waals surface area contributed by atoms with Gasteiger partial charge >= 0.3 is 6.18 Å². The zero-order chi connectivity index (χ0) is 15.3. The fourth-order valence-corrected chi connectivity index (χ4v) is 1.74. The van der Waals surface area contributed by atoms with Gasteiger partial charge in [0.25, 0.3) is 0 Å². The third-order valence-corrected chi connectivity index (χ3v) is 2.76. The van der Waals surface area contributed by atoms with Crippen molar-refractivity contribution in [3.05, 3.63) is 53.7 Å². The van der Waals surface area contributed by atoms with Crippen LogP contribution in [0, 0.1) is 0 Å². The van der Waals surface area contributed by atoms with Crippen LogP contribution in [0.15, 0.2) is 42.6 Å². The van der Waals surface area contributed by atoms with Gasteiger partial charge in [0, 0.05) is 18.8 Å². The molecule has 2 aromatic rings. The first-order valence-electron chi connectivity index (χ1n) is 6.50. The summed E-state index contributed by atoms with van der Waals surface area (Å²) in [6, 6.07) is 8.25. The fraction of sp³-hybridized carbons (Fsp3) is 0.267. The van der Waals surface area contributed by atoms with Crippen LogP contribution in [0.25, 0.3) is 0 Å². The summed E-state index contributed by atoms with van der Waals surface area (Å²) in [6.45, 7) is 3.46. The maximum atomic E-state index is 12.6. The third kappa shape index (κ3) is 4.46. The number of aromatic nitrogens is 1. The lowest BCUT2D eigenvalue weighted by Crippen LogP contribution is -2.11. The Labute approximate surface area is 120 Å². The lowest BCUT2D eigenvalue weighted by Gasteiger charge is -2.10. The van der Waals surface area contributed by atoms with Crippen molar-refractivity contribution < 1.29 is 17.9 Å². The number of benzene rings is 1. The summed E-state index contributed by atoms with van der Waals surface area (Å²) >= 11 is 0. The van der Waals surface area contributed by atoms with E-state index >= 15 is 0 Å². The highest BCUT2D eigenvalue weighted by atomic mass is 19.4. The maximum absolute atomic E-state index is 12.6. The first-order chi connectivity index (χ1) is 9.99. The molecule has 112 valence electrons. The minimum Gasteiger partial charge on any atom is -0.439 e. The number of nitrogens with zero attached hydrogens (tertiary/aromatic N) is 1. The van der Waals surface area contributed by atoms with Gasteiger partial charge in [-0.25, -0.2) is 4.98 Å². The number of halogens is 3. The topological polar surface area (TPSA) is 34.2 Å². The van der Waals surface area contributed by atoms with Crippen molar-refractivity contribution in [3.63, 3.8) is 0 Å². The molecular formula is C15H15F3N2O. The van der Waals surface area contributed by atoms with Gasteiger partial charge in [-0.15, -0.1) is 0 Å². The monoisotopic (exact) mass is 296 g/mol. The highest BCUT2D eigenvalue weighted by Crippen LogP contribution is 2.32. The van der Waals surface area contributed by atoms with Crippen molar-refractivity contribution in [2.45, 2.75) is 19.6 Å². The Morgan fingerprint density at radius 1 is 1.19 bits per heavy atom. The van der Waals surface area contributed by atoms with E-state index in [4.69, 9.17) is 4.74 Å². The smallest absolute Gasteiger partial charge is 0.416 e. The van der Waals surface area contributed by atoms with Crippen LogP contribution in [0.4, 0.5) is 13.2 Å². The average Bonchev–Trinajstić information content (AvgIpc) is 2.45. The summed E-state index contributed by atoms with van der Waals surface area (Å²) in [5.41, 5.74) is 0.206. The van der Waals surface area contributed by atoms with E-state index in [1.54, 1.807) is 12.3 Å². The number of hydrogen-bond donors (Lipinski definition) is 1. The Morgan fingerprint density at radius 2 is 2.00 bits per heavy atom. The normalized spacial score (nSPS) is 11.4. The third-order valence-electron chi connectivity index (χ3n) is 2.76. The molecule has 21 heavy (non-hydrogen) atoms. The van der Waals surface area contributed by atoms with Crippen LogP contribution in [-0.4, -0.2) is 11.5 Å². The molecule has 1 aromatic carbocycles. The quantitative estimate of drug-likeness (QED) is 0.905.